The highest BCUT2D eigenvalue weighted by molar-refractivity contribution is 5.79. The Balaban J connectivity index is 1.74. The Labute approximate surface area is 112 Å². The van der Waals surface area contributed by atoms with E-state index in [1.165, 1.54) is 31.4 Å². The van der Waals surface area contributed by atoms with Gasteiger partial charge in [0, 0.05) is 6.21 Å². The lowest BCUT2D eigenvalue weighted by Crippen LogP contribution is -2.21. The van der Waals surface area contributed by atoms with Gasteiger partial charge in [-0.15, -0.1) is 0 Å². The highest BCUT2D eigenvalue weighted by Crippen LogP contribution is 2.21. The number of rotatable bonds is 4. The van der Waals surface area contributed by atoms with Gasteiger partial charge in [-0.3, -0.25) is 4.79 Å². The zero-order valence-corrected chi connectivity index (χ0v) is 10.9. The van der Waals surface area contributed by atoms with Crippen molar-refractivity contribution >= 4 is 12.1 Å². The number of carbonyl (C=O) groups excluding carboxylic acids is 1. The summed E-state index contributed by atoms with van der Waals surface area (Å²) >= 11 is 0. The Hall–Kier alpha value is -1.71. The maximum absolute atomic E-state index is 12.7. The van der Waals surface area contributed by atoms with E-state index in [0.29, 0.717) is 5.92 Å². The number of hydrazone groups is 1. The van der Waals surface area contributed by atoms with Crippen molar-refractivity contribution in [1.82, 2.24) is 5.43 Å². The molecular formula is C15H19FN2O. The van der Waals surface area contributed by atoms with Crippen LogP contribution in [0, 0.1) is 11.7 Å². The van der Waals surface area contributed by atoms with Gasteiger partial charge in [0.2, 0.25) is 5.91 Å². The molecule has 1 amide bonds. The minimum absolute atomic E-state index is 0.168. The van der Waals surface area contributed by atoms with Crippen LogP contribution in [0.25, 0.3) is 0 Å². The average Bonchev–Trinajstić information content (AvgIpc) is 2.43. The average molecular weight is 262 g/mol. The molecule has 0 atom stereocenters. The standard InChI is InChI=1S/C15H19FN2O/c16-14-8-6-12(7-9-14)10-15(19)18-17-11-13-4-2-1-3-5-13/h6-9,11,13H,1-5,10H2,(H,18,19)/b17-11+. The van der Waals surface area contributed by atoms with E-state index < -0.39 is 0 Å². The summed E-state index contributed by atoms with van der Waals surface area (Å²) in [4.78, 5) is 11.6. The lowest BCUT2D eigenvalue weighted by atomic mass is 9.90. The zero-order valence-electron chi connectivity index (χ0n) is 10.9. The number of hydrogen-bond donors (Lipinski definition) is 1. The summed E-state index contributed by atoms with van der Waals surface area (Å²) in [6.07, 6.45) is 8.21. The van der Waals surface area contributed by atoms with Crippen molar-refractivity contribution < 1.29 is 9.18 Å². The van der Waals surface area contributed by atoms with E-state index in [2.05, 4.69) is 10.5 Å². The second-order valence-electron chi connectivity index (χ2n) is 5.01. The largest absolute Gasteiger partial charge is 0.273 e. The van der Waals surface area contributed by atoms with Crippen LogP contribution in [0.5, 0.6) is 0 Å². The van der Waals surface area contributed by atoms with E-state index in [-0.39, 0.29) is 18.1 Å². The molecule has 0 radical (unpaired) electrons. The number of halogens is 1. The van der Waals surface area contributed by atoms with Gasteiger partial charge in [0.05, 0.1) is 6.42 Å². The van der Waals surface area contributed by atoms with Crippen LogP contribution in [0.3, 0.4) is 0 Å². The Morgan fingerprint density at radius 2 is 1.95 bits per heavy atom. The molecule has 1 aromatic carbocycles. The molecule has 1 aromatic rings. The molecule has 0 aromatic heterocycles. The molecule has 3 nitrogen and oxygen atoms in total. The lowest BCUT2D eigenvalue weighted by molar-refractivity contribution is -0.120. The van der Waals surface area contributed by atoms with Gasteiger partial charge in [0.15, 0.2) is 0 Å². The highest BCUT2D eigenvalue weighted by atomic mass is 19.1. The molecule has 0 bridgehead atoms. The second kappa shape index (κ2) is 7.02. The fourth-order valence-electron chi connectivity index (χ4n) is 2.33. The lowest BCUT2D eigenvalue weighted by Gasteiger charge is -2.16. The maximum Gasteiger partial charge on any atom is 0.244 e. The van der Waals surface area contributed by atoms with Crippen molar-refractivity contribution in [3.8, 4) is 0 Å². The van der Waals surface area contributed by atoms with Crippen molar-refractivity contribution in [3.05, 3.63) is 35.6 Å². The number of nitrogens with zero attached hydrogens (tertiary/aromatic N) is 1. The first-order valence-corrected chi connectivity index (χ1v) is 6.80. The Bertz CT molecular complexity index is 436. The van der Waals surface area contributed by atoms with Crippen LogP contribution in [0.4, 0.5) is 4.39 Å². The van der Waals surface area contributed by atoms with E-state index in [4.69, 9.17) is 0 Å². The van der Waals surface area contributed by atoms with E-state index >= 15 is 0 Å². The smallest absolute Gasteiger partial charge is 0.244 e. The van der Waals surface area contributed by atoms with Crippen molar-refractivity contribution in [3.63, 3.8) is 0 Å². The summed E-state index contributed by atoms with van der Waals surface area (Å²) in [5, 5.41) is 4.01. The fourth-order valence-corrected chi connectivity index (χ4v) is 2.33. The quantitative estimate of drug-likeness (QED) is 0.657. The molecule has 19 heavy (non-hydrogen) atoms. The molecule has 1 aliphatic carbocycles. The molecule has 2 rings (SSSR count). The molecule has 1 N–H and O–H groups in total. The van der Waals surface area contributed by atoms with Crippen LogP contribution < -0.4 is 5.43 Å². The third-order valence-corrected chi connectivity index (χ3v) is 3.40. The van der Waals surface area contributed by atoms with Gasteiger partial charge in [-0.2, -0.15) is 5.10 Å². The monoisotopic (exact) mass is 262 g/mol. The SMILES string of the molecule is O=C(Cc1ccc(F)cc1)N/N=C/C1CCCCC1. The summed E-state index contributed by atoms with van der Waals surface area (Å²) in [6, 6.07) is 5.93. The van der Waals surface area contributed by atoms with Crippen molar-refractivity contribution in [2.24, 2.45) is 11.0 Å². The van der Waals surface area contributed by atoms with E-state index in [1.807, 2.05) is 6.21 Å². The van der Waals surface area contributed by atoms with Crippen LogP contribution in [0.15, 0.2) is 29.4 Å². The summed E-state index contributed by atoms with van der Waals surface area (Å²) in [6.45, 7) is 0. The predicted molar refractivity (Wildman–Crippen MR) is 73.3 cm³/mol. The molecule has 0 heterocycles. The number of amides is 1. The minimum atomic E-state index is -0.292. The van der Waals surface area contributed by atoms with Gasteiger partial charge < -0.3 is 0 Å². The normalized spacial score (nSPS) is 16.7. The van der Waals surface area contributed by atoms with E-state index in [9.17, 15) is 9.18 Å². The zero-order chi connectivity index (χ0) is 13.5. The highest BCUT2D eigenvalue weighted by Gasteiger charge is 2.10. The molecule has 102 valence electrons. The van der Waals surface area contributed by atoms with Crippen LogP contribution in [-0.2, 0) is 11.2 Å². The van der Waals surface area contributed by atoms with Crippen molar-refractivity contribution in [2.45, 2.75) is 38.5 Å². The van der Waals surface area contributed by atoms with Crippen molar-refractivity contribution in [1.29, 1.82) is 0 Å². The minimum Gasteiger partial charge on any atom is -0.273 e. The third kappa shape index (κ3) is 4.81. The fraction of sp³-hybridized carbons (Fsp3) is 0.467. The van der Waals surface area contributed by atoms with Crippen LogP contribution in [0.2, 0.25) is 0 Å². The molecule has 1 fully saturated rings. The molecule has 0 saturated heterocycles. The second-order valence-corrected chi connectivity index (χ2v) is 5.01. The first-order valence-electron chi connectivity index (χ1n) is 6.80. The number of carbonyl (C=O) groups is 1. The van der Waals surface area contributed by atoms with E-state index in [1.54, 1.807) is 12.1 Å². The first kappa shape index (κ1) is 13.7. The van der Waals surface area contributed by atoms with Gasteiger partial charge in [0.25, 0.3) is 0 Å². The molecule has 0 unspecified atom stereocenters. The third-order valence-electron chi connectivity index (χ3n) is 3.40. The maximum atomic E-state index is 12.7. The number of nitrogens with one attached hydrogen (secondary N) is 1. The first-order chi connectivity index (χ1) is 9.24. The Morgan fingerprint density at radius 3 is 2.63 bits per heavy atom. The summed E-state index contributed by atoms with van der Waals surface area (Å²) in [7, 11) is 0. The van der Waals surface area contributed by atoms with Gasteiger partial charge in [-0.25, -0.2) is 9.82 Å². The molecule has 0 aliphatic heterocycles. The molecule has 1 aliphatic rings. The van der Waals surface area contributed by atoms with Crippen LogP contribution in [-0.4, -0.2) is 12.1 Å². The van der Waals surface area contributed by atoms with Gasteiger partial charge in [0.1, 0.15) is 5.82 Å². The summed E-state index contributed by atoms with van der Waals surface area (Å²) < 4.78 is 12.7. The van der Waals surface area contributed by atoms with Crippen LogP contribution >= 0.6 is 0 Å². The topological polar surface area (TPSA) is 41.5 Å². The molecule has 0 spiro atoms. The van der Waals surface area contributed by atoms with Crippen LogP contribution in [0.1, 0.15) is 37.7 Å². The molecule has 1 saturated carbocycles. The number of benzene rings is 1. The van der Waals surface area contributed by atoms with Gasteiger partial charge >= 0.3 is 0 Å². The van der Waals surface area contributed by atoms with Gasteiger partial charge in [-0.05, 0) is 36.5 Å². The molecule has 4 heteroatoms. The molecular weight excluding hydrogens is 243 g/mol. The summed E-state index contributed by atoms with van der Waals surface area (Å²) in [5.74, 6) is 0.0398. The van der Waals surface area contributed by atoms with Crippen molar-refractivity contribution in [2.75, 3.05) is 0 Å². The number of hydrogen-bond acceptors (Lipinski definition) is 2. The Morgan fingerprint density at radius 1 is 1.26 bits per heavy atom. The van der Waals surface area contributed by atoms with Gasteiger partial charge in [-0.1, -0.05) is 31.4 Å². The van der Waals surface area contributed by atoms with E-state index in [0.717, 1.165) is 18.4 Å². The predicted octanol–water partition coefficient (Wildman–Crippen LogP) is 3.05. The summed E-state index contributed by atoms with van der Waals surface area (Å²) in [5.41, 5.74) is 3.31. The Kier molecular flexibility index (Phi) is 5.07.